The van der Waals surface area contributed by atoms with Gasteiger partial charge in [-0.2, -0.15) is 0 Å². The fraction of sp³-hybridized carbons (Fsp3) is 0.400. The van der Waals surface area contributed by atoms with Crippen molar-refractivity contribution in [2.24, 2.45) is 5.73 Å². The van der Waals surface area contributed by atoms with Crippen LogP contribution in [0.1, 0.15) is 25.3 Å². The van der Waals surface area contributed by atoms with Crippen LogP contribution in [0, 0.1) is 11.6 Å². The molecular weight excluding hydrogens is 172 g/mol. The van der Waals surface area contributed by atoms with Gasteiger partial charge in [-0.3, -0.25) is 0 Å². The molecule has 1 nitrogen and oxygen atoms in total. The zero-order chi connectivity index (χ0) is 10.0. The van der Waals surface area contributed by atoms with Crippen molar-refractivity contribution in [3.63, 3.8) is 0 Å². The molecule has 2 unspecified atom stereocenters. The third kappa shape index (κ3) is 2.25. The molecule has 0 radical (unpaired) electrons. The standard InChI is InChI=1S/C10H13F2N/c1-6(7(2)13)9-5-8(11)3-4-10(9)12/h3-7H,13H2,1-2H3. The summed E-state index contributed by atoms with van der Waals surface area (Å²) in [5.74, 6) is -0.995. The Labute approximate surface area is 76.6 Å². The van der Waals surface area contributed by atoms with Gasteiger partial charge in [0.25, 0.3) is 0 Å². The number of halogens is 2. The normalized spacial score (nSPS) is 15.5. The second kappa shape index (κ2) is 3.83. The quantitative estimate of drug-likeness (QED) is 0.752. The maximum Gasteiger partial charge on any atom is 0.126 e. The zero-order valence-corrected chi connectivity index (χ0v) is 7.72. The molecule has 0 aliphatic rings. The lowest BCUT2D eigenvalue weighted by Gasteiger charge is -2.16. The first-order chi connectivity index (χ1) is 6.02. The van der Waals surface area contributed by atoms with Crippen molar-refractivity contribution in [3.8, 4) is 0 Å². The molecule has 1 aromatic rings. The van der Waals surface area contributed by atoms with E-state index in [0.29, 0.717) is 5.56 Å². The summed E-state index contributed by atoms with van der Waals surface area (Å²) in [7, 11) is 0. The van der Waals surface area contributed by atoms with E-state index in [2.05, 4.69) is 0 Å². The lowest BCUT2D eigenvalue weighted by Crippen LogP contribution is -2.23. The highest BCUT2D eigenvalue weighted by molar-refractivity contribution is 5.23. The molecule has 0 saturated carbocycles. The van der Waals surface area contributed by atoms with Gasteiger partial charge in [0.2, 0.25) is 0 Å². The van der Waals surface area contributed by atoms with Crippen LogP contribution in [0.25, 0.3) is 0 Å². The van der Waals surface area contributed by atoms with Crippen molar-refractivity contribution in [1.29, 1.82) is 0 Å². The van der Waals surface area contributed by atoms with Crippen molar-refractivity contribution in [1.82, 2.24) is 0 Å². The zero-order valence-electron chi connectivity index (χ0n) is 7.72. The topological polar surface area (TPSA) is 26.0 Å². The molecule has 0 saturated heterocycles. The lowest BCUT2D eigenvalue weighted by molar-refractivity contribution is 0.537. The van der Waals surface area contributed by atoms with Crippen molar-refractivity contribution in [2.45, 2.75) is 25.8 Å². The third-order valence-electron chi connectivity index (χ3n) is 2.24. The molecule has 0 heterocycles. The third-order valence-corrected chi connectivity index (χ3v) is 2.24. The highest BCUT2D eigenvalue weighted by Gasteiger charge is 2.15. The first-order valence-electron chi connectivity index (χ1n) is 4.23. The Morgan fingerprint density at radius 1 is 1.23 bits per heavy atom. The van der Waals surface area contributed by atoms with Gasteiger partial charge in [0.15, 0.2) is 0 Å². The van der Waals surface area contributed by atoms with Crippen LogP contribution in [0.15, 0.2) is 18.2 Å². The van der Waals surface area contributed by atoms with Crippen LogP contribution < -0.4 is 5.73 Å². The van der Waals surface area contributed by atoms with Gasteiger partial charge in [-0.25, -0.2) is 8.78 Å². The summed E-state index contributed by atoms with van der Waals surface area (Å²) in [5.41, 5.74) is 5.94. The van der Waals surface area contributed by atoms with Gasteiger partial charge >= 0.3 is 0 Å². The van der Waals surface area contributed by atoms with Gasteiger partial charge in [-0.15, -0.1) is 0 Å². The smallest absolute Gasteiger partial charge is 0.126 e. The van der Waals surface area contributed by atoms with E-state index < -0.39 is 11.6 Å². The Morgan fingerprint density at radius 3 is 2.38 bits per heavy atom. The number of hydrogen-bond acceptors (Lipinski definition) is 1. The summed E-state index contributed by atoms with van der Waals surface area (Å²) < 4.78 is 25.9. The van der Waals surface area contributed by atoms with Gasteiger partial charge in [0, 0.05) is 6.04 Å². The molecule has 1 aromatic carbocycles. The molecule has 0 amide bonds. The molecule has 0 fully saturated rings. The molecule has 2 N–H and O–H groups in total. The van der Waals surface area contributed by atoms with Crippen molar-refractivity contribution in [2.75, 3.05) is 0 Å². The van der Waals surface area contributed by atoms with E-state index in [4.69, 9.17) is 5.73 Å². The van der Waals surface area contributed by atoms with Crippen LogP contribution >= 0.6 is 0 Å². The highest BCUT2D eigenvalue weighted by Crippen LogP contribution is 2.21. The highest BCUT2D eigenvalue weighted by atomic mass is 19.1. The number of nitrogens with two attached hydrogens (primary N) is 1. The Morgan fingerprint density at radius 2 is 1.85 bits per heavy atom. The van der Waals surface area contributed by atoms with Gasteiger partial charge in [-0.05, 0) is 36.6 Å². The van der Waals surface area contributed by atoms with Crippen LogP contribution in [-0.2, 0) is 0 Å². The molecule has 3 heteroatoms. The SMILES string of the molecule is CC(N)C(C)c1cc(F)ccc1F. The summed E-state index contributed by atoms with van der Waals surface area (Å²) in [6, 6.07) is 3.25. The average molecular weight is 185 g/mol. The average Bonchev–Trinajstić information content (AvgIpc) is 2.08. The van der Waals surface area contributed by atoms with Crippen molar-refractivity contribution < 1.29 is 8.78 Å². The van der Waals surface area contributed by atoms with E-state index in [1.807, 2.05) is 0 Å². The fourth-order valence-corrected chi connectivity index (χ4v) is 1.15. The maximum atomic E-state index is 13.2. The van der Waals surface area contributed by atoms with E-state index in [-0.39, 0.29) is 12.0 Å². The molecule has 0 bridgehead atoms. The molecular formula is C10H13F2N. The monoisotopic (exact) mass is 185 g/mol. The van der Waals surface area contributed by atoms with Crippen LogP contribution in [0.2, 0.25) is 0 Å². The fourth-order valence-electron chi connectivity index (χ4n) is 1.15. The molecule has 1 rings (SSSR count). The minimum Gasteiger partial charge on any atom is -0.327 e. The van der Waals surface area contributed by atoms with Crippen LogP contribution in [-0.4, -0.2) is 6.04 Å². The van der Waals surface area contributed by atoms with Gasteiger partial charge in [-0.1, -0.05) is 6.92 Å². The second-order valence-electron chi connectivity index (χ2n) is 3.31. The molecule has 0 aromatic heterocycles. The van der Waals surface area contributed by atoms with Crippen LogP contribution in [0.5, 0.6) is 0 Å². The Bertz CT molecular complexity index is 297. The molecule has 72 valence electrons. The van der Waals surface area contributed by atoms with Crippen LogP contribution in [0.4, 0.5) is 8.78 Å². The maximum absolute atomic E-state index is 13.2. The molecule has 0 aliphatic carbocycles. The molecule has 13 heavy (non-hydrogen) atoms. The summed E-state index contributed by atoms with van der Waals surface area (Å²) in [6.45, 7) is 3.55. The minimum absolute atomic E-state index is 0.171. The Balaban J connectivity index is 3.05. The van der Waals surface area contributed by atoms with Crippen molar-refractivity contribution >= 4 is 0 Å². The molecule has 0 spiro atoms. The lowest BCUT2D eigenvalue weighted by atomic mass is 9.94. The summed E-state index contributed by atoms with van der Waals surface area (Å²) in [6.07, 6.45) is 0. The van der Waals surface area contributed by atoms with Crippen molar-refractivity contribution in [3.05, 3.63) is 35.4 Å². The van der Waals surface area contributed by atoms with E-state index in [1.54, 1.807) is 13.8 Å². The van der Waals surface area contributed by atoms with E-state index in [0.717, 1.165) is 12.1 Å². The van der Waals surface area contributed by atoms with E-state index in [1.165, 1.54) is 6.07 Å². The number of hydrogen-bond donors (Lipinski definition) is 1. The van der Waals surface area contributed by atoms with Crippen LogP contribution in [0.3, 0.4) is 0 Å². The first-order valence-corrected chi connectivity index (χ1v) is 4.23. The second-order valence-corrected chi connectivity index (χ2v) is 3.31. The van der Waals surface area contributed by atoms with Gasteiger partial charge in [0.1, 0.15) is 11.6 Å². The summed E-state index contributed by atoms with van der Waals surface area (Å²) >= 11 is 0. The predicted molar refractivity (Wildman–Crippen MR) is 48.4 cm³/mol. The Hall–Kier alpha value is -0.960. The summed E-state index contributed by atoms with van der Waals surface area (Å²) in [5, 5.41) is 0. The minimum atomic E-state index is -0.427. The molecule has 2 atom stereocenters. The summed E-state index contributed by atoms with van der Waals surface area (Å²) in [4.78, 5) is 0. The van der Waals surface area contributed by atoms with E-state index >= 15 is 0 Å². The van der Waals surface area contributed by atoms with Gasteiger partial charge < -0.3 is 5.73 Å². The predicted octanol–water partition coefficient (Wildman–Crippen LogP) is 2.42. The van der Waals surface area contributed by atoms with E-state index in [9.17, 15) is 8.78 Å². The number of rotatable bonds is 2. The van der Waals surface area contributed by atoms with Gasteiger partial charge in [0.05, 0.1) is 0 Å². The first kappa shape index (κ1) is 10.1. The number of benzene rings is 1. The Kier molecular flexibility index (Phi) is 2.98. The largest absolute Gasteiger partial charge is 0.327 e. The molecule has 0 aliphatic heterocycles.